The van der Waals surface area contributed by atoms with E-state index in [-0.39, 0.29) is 0 Å². The Morgan fingerprint density at radius 2 is 2.12 bits per heavy atom. The zero-order chi connectivity index (χ0) is 12.1. The van der Waals surface area contributed by atoms with Crippen LogP contribution in [0.4, 0.5) is 0 Å². The van der Waals surface area contributed by atoms with Gasteiger partial charge in [-0.2, -0.15) is 0 Å². The van der Waals surface area contributed by atoms with Crippen molar-refractivity contribution in [3.63, 3.8) is 0 Å². The largest absolute Gasteiger partial charge is 0.496 e. The number of benzene rings is 1. The number of methoxy groups -OCH3 is 1. The van der Waals surface area contributed by atoms with Crippen LogP contribution in [0.5, 0.6) is 11.5 Å². The predicted molar refractivity (Wildman–Crippen MR) is 63.1 cm³/mol. The quantitative estimate of drug-likeness (QED) is 0.433. The van der Waals surface area contributed by atoms with E-state index in [1.165, 1.54) is 13.2 Å². The van der Waals surface area contributed by atoms with Crippen LogP contribution in [0.1, 0.15) is 15.9 Å². The van der Waals surface area contributed by atoms with Gasteiger partial charge in [-0.15, -0.1) is 0 Å². The Bertz CT molecular complexity index is 433. The molecule has 3 nitrogen and oxygen atoms in total. The molecule has 1 aromatic rings. The summed E-state index contributed by atoms with van der Waals surface area (Å²) in [4.78, 5) is 10.8. The Hall–Kier alpha value is -2.03. The molecule has 0 saturated carbocycles. The molecule has 0 spiro atoms. The van der Waals surface area contributed by atoms with Gasteiger partial charge >= 0.3 is 0 Å². The Morgan fingerprint density at radius 1 is 1.44 bits per heavy atom. The number of hydrogen-bond acceptors (Lipinski definition) is 3. The number of allylic oxidation sites excluding steroid dienone is 1. The molecule has 0 amide bonds. The maximum Gasteiger partial charge on any atom is 0.154 e. The van der Waals surface area contributed by atoms with Gasteiger partial charge in [0.05, 0.1) is 12.7 Å². The zero-order valence-corrected chi connectivity index (χ0v) is 9.45. The van der Waals surface area contributed by atoms with Crippen LogP contribution in [0.2, 0.25) is 0 Å². The fourth-order valence-electron chi connectivity index (χ4n) is 1.31. The Morgan fingerprint density at radius 3 is 2.62 bits per heavy atom. The maximum atomic E-state index is 10.8. The summed E-state index contributed by atoms with van der Waals surface area (Å²) >= 11 is 0. The van der Waals surface area contributed by atoms with Crippen LogP contribution >= 0.6 is 0 Å². The Balaban J connectivity index is 3.14. The van der Waals surface area contributed by atoms with Gasteiger partial charge in [0.2, 0.25) is 0 Å². The molecule has 0 heterocycles. The lowest BCUT2D eigenvalue weighted by Gasteiger charge is -2.11. The average Bonchev–Trinajstić information content (AvgIpc) is 2.28. The summed E-state index contributed by atoms with van der Waals surface area (Å²) in [5.41, 5.74) is 1.32. The van der Waals surface area contributed by atoms with Crippen molar-refractivity contribution in [1.29, 1.82) is 0 Å². The molecule has 84 valence electrons. The molecule has 0 saturated heterocycles. The normalized spacial score (nSPS) is 9.38. The molecule has 0 radical (unpaired) electrons. The molecule has 0 unspecified atom stereocenters. The minimum atomic E-state index is 0.445. The highest BCUT2D eigenvalue weighted by Gasteiger charge is 2.09. The Kier molecular flexibility index (Phi) is 3.89. The molecule has 0 aliphatic heterocycles. The second-order valence-corrected chi connectivity index (χ2v) is 3.25. The summed E-state index contributed by atoms with van der Waals surface area (Å²) < 4.78 is 10.5. The smallest absolute Gasteiger partial charge is 0.154 e. The van der Waals surface area contributed by atoms with Gasteiger partial charge in [-0.3, -0.25) is 4.79 Å². The molecule has 16 heavy (non-hydrogen) atoms. The summed E-state index contributed by atoms with van der Waals surface area (Å²) in [5.74, 6) is 1.51. The van der Waals surface area contributed by atoms with Crippen LogP contribution in [0.15, 0.2) is 37.1 Å². The summed E-state index contributed by atoms with van der Waals surface area (Å²) in [7, 11) is 1.51. The second kappa shape index (κ2) is 5.16. The third-order valence-corrected chi connectivity index (χ3v) is 2.14. The van der Waals surface area contributed by atoms with Crippen molar-refractivity contribution in [2.24, 2.45) is 0 Å². The number of rotatable bonds is 5. The van der Waals surface area contributed by atoms with Gasteiger partial charge in [-0.25, -0.2) is 0 Å². The topological polar surface area (TPSA) is 35.5 Å². The molecule has 0 aliphatic carbocycles. The molecule has 0 bridgehead atoms. The predicted octanol–water partition coefficient (Wildman–Crippen LogP) is 2.89. The van der Waals surface area contributed by atoms with E-state index in [0.717, 1.165) is 11.8 Å². The van der Waals surface area contributed by atoms with Crippen molar-refractivity contribution in [2.45, 2.75) is 6.92 Å². The lowest BCUT2D eigenvalue weighted by Crippen LogP contribution is -1.97. The first-order valence-corrected chi connectivity index (χ1v) is 4.75. The molecule has 0 aliphatic rings. The van der Waals surface area contributed by atoms with Crippen molar-refractivity contribution in [3.05, 3.63) is 48.3 Å². The average molecular weight is 218 g/mol. The fourth-order valence-corrected chi connectivity index (χ4v) is 1.31. The minimum Gasteiger partial charge on any atom is -0.496 e. The molecule has 0 N–H and O–H groups in total. The number of aryl methyl sites for hydroxylation is 1. The highest BCUT2D eigenvalue weighted by molar-refractivity contribution is 5.82. The highest BCUT2D eigenvalue weighted by atomic mass is 16.5. The number of ether oxygens (including phenoxy) is 2. The van der Waals surface area contributed by atoms with Gasteiger partial charge < -0.3 is 9.47 Å². The number of carbonyl (C=O) groups excluding carboxylic acids is 1. The van der Waals surface area contributed by atoms with Crippen molar-refractivity contribution >= 4 is 6.29 Å². The number of aldehydes is 1. The van der Waals surface area contributed by atoms with Gasteiger partial charge in [0.25, 0.3) is 0 Å². The first-order chi connectivity index (χ1) is 7.62. The van der Waals surface area contributed by atoms with Gasteiger partial charge in [0.1, 0.15) is 17.3 Å². The molecule has 1 rings (SSSR count). The molecule has 0 fully saturated rings. The third kappa shape index (κ3) is 2.51. The van der Waals surface area contributed by atoms with Gasteiger partial charge in [0, 0.05) is 6.07 Å². The van der Waals surface area contributed by atoms with Crippen molar-refractivity contribution in [2.75, 3.05) is 7.11 Å². The summed E-state index contributed by atoms with van der Waals surface area (Å²) in [6.07, 6.45) is 2.27. The maximum absolute atomic E-state index is 10.8. The van der Waals surface area contributed by atoms with E-state index in [9.17, 15) is 4.79 Å². The van der Waals surface area contributed by atoms with Gasteiger partial charge in [0.15, 0.2) is 6.29 Å². The van der Waals surface area contributed by atoms with Crippen LogP contribution in [0.3, 0.4) is 0 Å². The molecular weight excluding hydrogens is 204 g/mol. The van der Waals surface area contributed by atoms with E-state index in [1.54, 1.807) is 12.1 Å². The molecule has 3 heteroatoms. The van der Waals surface area contributed by atoms with Crippen LogP contribution < -0.4 is 9.47 Å². The van der Waals surface area contributed by atoms with E-state index >= 15 is 0 Å². The first-order valence-electron chi connectivity index (χ1n) is 4.75. The minimum absolute atomic E-state index is 0.445. The second-order valence-electron chi connectivity index (χ2n) is 3.25. The van der Waals surface area contributed by atoms with Crippen LogP contribution in [0.25, 0.3) is 0 Å². The fraction of sp³-hybridized carbons (Fsp3) is 0.154. The van der Waals surface area contributed by atoms with E-state index < -0.39 is 0 Å². The molecule has 0 atom stereocenters. The van der Waals surface area contributed by atoms with Crippen LogP contribution in [-0.2, 0) is 0 Å². The standard InChI is InChI=1S/C13H14O3/c1-5-10(3)16-11-6-9(2)12(8-14)13(7-11)15-4/h5-8H,1,3H2,2,4H3. The number of carbonyl (C=O) groups is 1. The summed E-state index contributed by atoms with van der Waals surface area (Å²) in [6.45, 7) is 9.00. The van der Waals surface area contributed by atoms with Gasteiger partial charge in [-0.05, 0) is 24.6 Å². The van der Waals surface area contributed by atoms with E-state index in [4.69, 9.17) is 9.47 Å². The lowest BCUT2D eigenvalue weighted by molar-refractivity contribution is 0.112. The van der Waals surface area contributed by atoms with Crippen LogP contribution in [-0.4, -0.2) is 13.4 Å². The highest BCUT2D eigenvalue weighted by Crippen LogP contribution is 2.28. The van der Waals surface area contributed by atoms with Crippen LogP contribution in [0, 0.1) is 6.92 Å². The van der Waals surface area contributed by atoms with Crippen molar-refractivity contribution < 1.29 is 14.3 Å². The van der Waals surface area contributed by atoms with E-state index in [0.29, 0.717) is 22.8 Å². The summed E-state index contributed by atoms with van der Waals surface area (Å²) in [5, 5.41) is 0. The van der Waals surface area contributed by atoms with Gasteiger partial charge in [-0.1, -0.05) is 13.2 Å². The molecule has 0 aromatic heterocycles. The first kappa shape index (κ1) is 12.0. The Labute approximate surface area is 95.0 Å². The van der Waals surface area contributed by atoms with E-state index in [1.807, 2.05) is 6.92 Å². The SMILES string of the molecule is C=CC(=C)Oc1cc(C)c(C=O)c(OC)c1. The van der Waals surface area contributed by atoms with Crippen molar-refractivity contribution in [1.82, 2.24) is 0 Å². The monoisotopic (exact) mass is 218 g/mol. The molecular formula is C13H14O3. The van der Waals surface area contributed by atoms with Crippen molar-refractivity contribution in [3.8, 4) is 11.5 Å². The lowest BCUT2D eigenvalue weighted by atomic mass is 10.1. The molecule has 1 aromatic carbocycles. The summed E-state index contributed by atoms with van der Waals surface area (Å²) in [6, 6.07) is 3.40. The zero-order valence-electron chi connectivity index (χ0n) is 9.45. The van der Waals surface area contributed by atoms with E-state index in [2.05, 4.69) is 13.2 Å². The number of hydrogen-bond donors (Lipinski definition) is 0. The third-order valence-electron chi connectivity index (χ3n) is 2.14.